The lowest BCUT2D eigenvalue weighted by atomic mass is 10.1. The van der Waals surface area contributed by atoms with Gasteiger partial charge in [0.25, 0.3) is 0 Å². The van der Waals surface area contributed by atoms with Crippen LogP contribution in [0.1, 0.15) is 46.1 Å². The van der Waals surface area contributed by atoms with Crippen LogP contribution in [-0.2, 0) is 12.8 Å². The first-order valence-electron chi connectivity index (χ1n) is 7.17. The van der Waals surface area contributed by atoms with Gasteiger partial charge in [-0.3, -0.25) is 0 Å². The average Bonchev–Trinajstić information content (AvgIpc) is 3.00. The van der Waals surface area contributed by atoms with Gasteiger partial charge in [0.1, 0.15) is 5.01 Å². The van der Waals surface area contributed by atoms with Crippen LogP contribution in [0.2, 0.25) is 5.02 Å². The summed E-state index contributed by atoms with van der Waals surface area (Å²) in [6, 6.07) is 6.47. The Morgan fingerprint density at radius 1 is 1.40 bits per heavy atom. The van der Waals surface area contributed by atoms with Crippen molar-refractivity contribution in [2.24, 2.45) is 0 Å². The van der Waals surface area contributed by atoms with Gasteiger partial charge < -0.3 is 5.32 Å². The number of nitrogens with zero attached hydrogens (tertiary/aromatic N) is 1. The molecule has 1 aliphatic rings. The normalized spacial score (nSPS) is 15.3. The molecular weight excluding hydrogens is 288 g/mol. The number of hydrogen-bond donors (Lipinski definition) is 1. The molecular formula is C16H19ClN2S. The fourth-order valence-corrected chi connectivity index (χ4v) is 4.12. The van der Waals surface area contributed by atoms with Gasteiger partial charge in [0.05, 0.1) is 11.7 Å². The van der Waals surface area contributed by atoms with Gasteiger partial charge in [0.15, 0.2) is 0 Å². The minimum Gasteiger partial charge on any atom is -0.305 e. The maximum absolute atomic E-state index is 6.28. The summed E-state index contributed by atoms with van der Waals surface area (Å²) in [7, 11) is 0. The molecule has 1 heterocycles. The highest BCUT2D eigenvalue weighted by molar-refractivity contribution is 7.11. The summed E-state index contributed by atoms with van der Waals surface area (Å²) in [5.74, 6) is 0. The SMILES string of the molecule is CCNC(c1ccc(C)c(Cl)c1)c1nc2c(s1)CCC2. The van der Waals surface area contributed by atoms with Gasteiger partial charge in [-0.1, -0.05) is 30.7 Å². The van der Waals surface area contributed by atoms with Crippen molar-refractivity contribution >= 4 is 22.9 Å². The molecule has 0 fully saturated rings. The highest BCUT2D eigenvalue weighted by Crippen LogP contribution is 2.34. The van der Waals surface area contributed by atoms with E-state index in [4.69, 9.17) is 16.6 Å². The molecule has 1 atom stereocenters. The van der Waals surface area contributed by atoms with Gasteiger partial charge in [-0.2, -0.15) is 0 Å². The van der Waals surface area contributed by atoms with E-state index in [1.54, 1.807) is 0 Å². The van der Waals surface area contributed by atoms with E-state index in [-0.39, 0.29) is 6.04 Å². The first-order chi connectivity index (χ1) is 9.69. The van der Waals surface area contributed by atoms with Gasteiger partial charge in [-0.05, 0) is 49.9 Å². The van der Waals surface area contributed by atoms with Crippen LogP contribution in [-0.4, -0.2) is 11.5 Å². The molecule has 20 heavy (non-hydrogen) atoms. The number of thiazole rings is 1. The number of aromatic nitrogens is 1. The van der Waals surface area contributed by atoms with E-state index in [0.717, 1.165) is 23.6 Å². The Morgan fingerprint density at radius 2 is 2.25 bits per heavy atom. The highest BCUT2D eigenvalue weighted by Gasteiger charge is 2.23. The zero-order chi connectivity index (χ0) is 14.1. The van der Waals surface area contributed by atoms with E-state index in [0.29, 0.717) is 0 Å². The van der Waals surface area contributed by atoms with Crippen LogP contribution in [0.4, 0.5) is 0 Å². The number of fused-ring (bicyclic) bond motifs is 1. The van der Waals surface area contributed by atoms with Crippen molar-refractivity contribution in [1.29, 1.82) is 0 Å². The summed E-state index contributed by atoms with van der Waals surface area (Å²) in [5, 5.41) is 5.55. The third kappa shape index (κ3) is 2.62. The molecule has 1 aromatic heterocycles. The standard InChI is InChI=1S/C16H19ClN2S/c1-3-18-15(11-8-7-10(2)12(17)9-11)16-19-13-5-4-6-14(13)20-16/h7-9,15,18H,3-6H2,1-2H3. The van der Waals surface area contributed by atoms with Crippen LogP contribution >= 0.6 is 22.9 Å². The minimum atomic E-state index is 0.161. The lowest BCUT2D eigenvalue weighted by molar-refractivity contribution is 0.625. The number of benzene rings is 1. The lowest BCUT2D eigenvalue weighted by Crippen LogP contribution is -2.22. The van der Waals surface area contributed by atoms with Crippen molar-refractivity contribution in [2.75, 3.05) is 6.54 Å². The third-order valence-corrected chi connectivity index (χ3v) is 5.43. The van der Waals surface area contributed by atoms with Crippen LogP contribution < -0.4 is 5.32 Å². The Balaban J connectivity index is 1.96. The molecule has 0 bridgehead atoms. The Morgan fingerprint density at radius 3 is 2.95 bits per heavy atom. The molecule has 1 aliphatic carbocycles. The fraction of sp³-hybridized carbons (Fsp3) is 0.438. The van der Waals surface area contributed by atoms with Gasteiger partial charge >= 0.3 is 0 Å². The average molecular weight is 307 g/mol. The monoisotopic (exact) mass is 306 g/mol. The summed E-state index contributed by atoms with van der Waals surface area (Å²) in [6.45, 7) is 5.08. The molecule has 0 saturated heterocycles. The van der Waals surface area contributed by atoms with E-state index in [1.807, 2.05) is 18.3 Å². The van der Waals surface area contributed by atoms with Gasteiger partial charge in [-0.25, -0.2) is 4.98 Å². The van der Waals surface area contributed by atoms with Crippen molar-refractivity contribution in [3.05, 3.63) is 49.9 Å². The number of nitrogens with one attached hydrogen (secondary N) is 1. The highest BCUT2D eigenvalue weighted by atomic mass is 35.5. The van der Waals surface area contributed by atoms with E-state index < -0.39 is 0 Å². The van der Waals surface area contributed by atoms with Crippen molar-refractivity contribution in [3.63, 3.8) is 0 Å². The molecule has 0 saturated carbocycles. The van der Waals surface area contributed by atoms with Crippen LogP contribution in [0.3, 0.4) is 0 Å². The van der Waals surface area contributed by atoms with Gasteiger partial charge in [0.2, 0.25) is 0 Å². The number of hydrogen-bond acceptors (Lipinski definition) is 3. The van der Waals surface area contributed by atoms with E-state index in [1.165, 1.54) is 34.0 Å². The van der Waals surface area contributed by atoms with Crippen molar-refractivity contribution in [3.8, 4) is 0 Å². The van der Waals surface area contributed by atoms with Crippen LogP contribution in [0.15, 0.2) is 18.2 Å². The molecule has 2 aromatic rings. The number of halogens is 1. The predicted octanol–water partition coefficient (Wildman–Crippen LogP) is 4.29. The maximum Gasteiger partial charge on any atom is 0.115 e. The molecule has 1 unspecified atom stereocenters. The topological polar surface area (TPSA) is 24.9 Å². The van der Waals surface area contributed by atoms with Crippen molar-refractivity contribution in [1.82, 2.24) is 10.3 Å². The molecule has 0 aliphatic heterocycles. The summed E-state index contributed by atoms with van der Waals surface area (Å²) >= 11 is 8.13. The zero-order valence-corrected chi connectivity index (χ0v) is 13.4. The number of rotatable bonds is 4. The molecule has 0 radical (unpaired) electrons. The molecule has 4 heteroatoms. The third-order valence-electron chi connectivity index (χ3n) is 3.80. The van der Waals surface area contributed by atoms with Crippen molar-refractivity contribution < 1.29 is 0 Å². The smallest absolute Gasteiger partial charge is 0.115 e. The molecule has 1 N–H and O–H groups in total. The maximum atomic E-state index is 6.28. The second-order valence-corrected chi connectivity index (χ2v) is 6.80. The summed E-state index contributed by atoms with van der Waals surface area (Å²) in [6.07, 6.45) is 3.59. The van der Waals surface area contributed by atoms with E-state index in [2.05, 4.69) is 30.4 Å². The van der Waals surface area contributed by atoms with E-state index >= 15 is 0 Å². The fourth-order valence-electron chi connectivity index (χ4n) is 2.67. The zero-order valence-electron chi connectivity index (χ0n) is 11.9. The Hall–Kier alpha value is -0.900. The quantitative estimate of drug-likeness (QED) is 0.911. The van der Waals surface area contributed by atoms with Crippen LogP contribution in [0.25, 0.3) is 0 Å². The summed E-state index contributed by atoms with van der Waals surface area (Å²) in [5.41, 5.74) is 3.63. The van der Waals surface area contributed by atoms with E-state index in [9.17, 15) is 0 Å². The Kier molecular flexibility index (Phi) is 4.11. The largest absolute Gasteiger partial charge is 0.305 e. The molecule has 0 amide bonds. The molecule has 2 nitrogen and oxygen atoms in total. The first kappa shape index (κ1) is 14.1. The Bertz CT molecular complexity index is 599. The first-order valence-corrected chi connectivity index (χ1v) is 8.36. The van der Waals surface area contributed by atoms with Crippen LogP contribution in [0.5, 0.6) is 0 Å². The number of aryl methyl sites for hydroxylation is 3. The molecule has 0 spiro atoms. The minimum absolute atomic E-state index is 0.161. The van der Waals surface area contributed by atoms with Crippen LogP contribution in [0, 0.1) is 6.92 Å². The molecule has 106 valence electrons. The lowest BCUT2D eigenvalue weighted by Gasteiger charge is -2.17. The van der Waals surface area contributed by atoms with Gasteiger partial charge in [0, 0.05) is 9.90 Å². The second-order valence-electron chi connectivity index (χ2n) is 5.27. The van der Waals surface area contributed by atoms with Gasteiger partial charge in [-0.15, -0.1) is 11.3 Å². The second kappa shape index (κ2) is 5.84. The summed E-state index contributed by atoms with van der Waals surface area (Å²) < 4.78 is 0. The Labute approximate surface area is 129 Å². The molecule has 3 rings (SSSR count). The molecule has 1 aromatic carbocycles. The predicted molar refractivity (Wildman–Crippen MR) is 85.8 cm³/mol. The van der Waals surface area contributed by atoms with Crippen molar-refractivity contribution in [2.45, 2.75) is 39.2 Å². The summed E-state index contributed by atoms with van der Waals surface area (Å²) in [4.78, 5) is 6.32.